The molecule has 0 saturated carbocycles. The van der Waals surface area contributed by atoms with E-state index in [4.69, 9.17) is 9.47 Å². The number of fused-ring (bicyclic) bond motifs is 1. The first-order valence-corrected chi connectivity index (χ1v) is 8.24. The van der Waals surface area contributed by atoms with Gasteiger partial charge in [-0.05, 0) is 6.07 Å². The second-order valence-electron chi connectivity index (χ2n) is 6.93. The van der Waals surface area contributed by atoms with Crippen molar-refractivity contribution in [3.05, 3.63) is 41.5 Å². The van der Waals surface area contributed by atoms with E-state index in [0.29, 0.717) is 38.3 Å². The number of benzene rings is 1. The molecule has 1 atom stereocenters. The fourth-order valence-electron chi connectivity index (χ4n) is 3.18. The fourth-order valence-corrected chi connectivity index (χ4v) is 3.18. The van der Waals surface area contributed by atoms with Crippen molar-refractivity contribution in [3.8, 4) is 5.75 Å². The first kappa shape index (κ1) is 16.0. The Balaban J connectivity index is 1.46. The molecule has 2 aliphatic heterocycles. The zero-order valence-corrected chi connectivity index (χ0v) is 13.9. The van der Waals surface area contributed by atoms with Crippen LogP contribution >= 0.6 is 0 Å². The molecular weight excluding hydrogens is 327 g/mol. The van der Waals surface area contributed by atoms with Gasteiger partial charge in [0.1, 0.15) is 0 Å². The third-order valence-corrected chi connectivity index (χ3v) is 4.55. The van der Waals surface area contributed by atoms with Crippen molar-refractivity contribution in [2.45, 2.75) is 25.9 Å². The molecule has 1 aromatic carbocycles. The Morgan fingerprint density at radius 3 is 3.08 bits per heavy atom. The molecule has 1 N–H and O–H groups in total. The van der Waals surface area contributed by atoms with E-state index in [-0.39, 0.29) is 28.8 Å². The number of rotatable bonds is 4. The van der Waals surface area contributed by atoms with Crippen molar-refractivity contribution < 1.29 is 18.7 Å². The highest BCUT2D eigenvalue weighted by Gasteiger charge is 2.34. The Labute approximate surface area is 144 Å². The summed E-state index contributed by atoms with van der Waals surface area (Å²) in [5.74, 6) is -0.539. The van der Waals surface area contributed by atoms with Gasteiger partial charge in [0.2, 0.25) is 0 Å². The van der Waals surface area contributed by atoms with Gasteiger partial charge in [-0.25, -0.2) is 4.39 Å². The number of amides is 1. The predicted octanol–water partition coefficient (Wildman–Crippen LogP) is 1.71. The molecule has 1 saturated heterocycles. The Morgan fingerprint density at radius 1 is 1.48 bits per heavy atom. The minimum atomic E-state index is -0.418. The van der Waals surface area contributed by atoms with Crippen molar-refractivity contribution in [2.24, 2.45) is 5.41 Å². The van der Waals surface area contributed by atoms with Crippen LogP contribution in [0.2, 0.25) is 0 Å². The highest BCUT2D eigenvalue weighted by molar-refractivity contribution is 5.92. The average molecular weight is 346 g/mol. The van der Waals surface area contributed by atoms with Crippen LogP contribution in [0.1, 0.15) is 35.4 Å². The van der Waals surface area contributed by atoms with Crippen LogP contribution in [-0.2, 0) is 11.3 Å². The van der Waals surface area contributed by atoms with Gasteiger partial charge in [-0.3, -0.25) is 9.48 Å². The molecule has 25 heavy (non-hydrogen) atoms. The Kier molecular flexibility index (Phi) is 3.91. The van der Waals surface area contributed by atoms with Crippen LogP contribution in [0.3, 0.4) is 0 Å². The van der Waals surface area contributed by atoms with Crippen molar-refractivity contribution >= 4 is 5.91 Å². The Bertz CT molecular complexity index is 803. The Morgan fingerprint density at radius 2 is 2.32 bits per heavy atom. The van der Waals surface area contributed by atoms with Gasteiger partial charge >= 0.3 is 0 Å². The lowest BCUT2D eigenvalue weighted by molar-refractivity contribution is -0.111. The van der Waals surface area contributed by atoms with Crippen LogP contribution in [0, 0.1) is 11.2 Å². The van der Waals surface area contributed by atoms with Gasteiger partial charge in [-0.1, -0.05) is 24.3 Å². The molecule has 1 fully saturated rings. The molecule has 0 unspecified atom stereocenters. The third-order valence-electron chi connectivity index (χ3n) is 4.55. The molecule has 4 rings (SSSR count). The molecule has 1 aromatic heterocycles. The SMILES string of the molecule is CC1(Cn2cc(C(=O)N[C@@H]3CCOc4c(F)cccc43)nn2)COC1. The number of halogens is 1. The lowest BCUT2D eigenvalue weighted by Crippen LogP contribution is -2.43. The van der Waals surface area contributed by atoms with Gasteiger partial charge in [0, 0.05) is 17.4 Å². The molecule has 132 valence electrons. The summed E-state index contributed by atoms with van der Waals surface area (Å²) in [5.41, 5.74) is 0.929. The first-order chi connectivity index (χ1) is 12.0. The number of carbonyl (C=O) groups is 1. The zero-order valence-electron chi connectivity index (χ0n) is 13.9. The van der Waals surface area contributed by atoms with Gasteiger partial charge in [0.25, 0.3) is 5.91 Å². The van der Waals surface area contributed by atoms with Crippen molar-refractivity contribution in [3.63, 3.8) is 0 Å². The molecule has 2 aromatic rings. The van der Waals surface area contributed by atoms with E-state index in [2.05, 4.69) is 22.6 Å². The van der Waals surface area contributed by atoms with Crippen LogP contribution in [0.5, 0.6) is 5.75 Å². The van der Waals surface area contributed by atoms with Crippen LogP contribution in [0.15, 0.2) is 24.4 Å². The standard InChI is InChI=1S/C17H19FN4O3/c1-17(9-24-10-17)8-22-7-14(20-21-22)16(23)19-13-5-6-25-15-11(13)3-2-4-12(15)18/h2-4,7,13H,5-6,8-10H2,1H3,(H,19,23)/t13-/m1/s1. The van der Waals surface area contributed by atoms with Crippen LogP contribution < -0.4 is 10.1 Å². The molecule has 0 aliphatic carbocycles. The third kappa shape index (κ3) is 3.09. The molecule has 0 bridgehead atoms. The summed E-state index contributed by atoms with van der Waals surface area (Å²) in [6.07, 6.45) is 2.20. The van der Waals surface area contributed by atoms with E-state index in [1.54, 1.807) is 23.0 Å². The molecule has 1 amide bonds. The van der Waals surface area contributed by atoms with E-state index in [0.717, 1.165) is 0 Å². The minimum Gasteiger partial charge on any atom is -0.490 e. The van der Waals surface area contributed by atoms with Crippen LogP contribution in [0.4, 0.5) is 4.39 Å². The Hall–Kier alpha value is -2.48. The predicted molar refractivity (Wildman–Crippen MR) is 85.7 cm³/mol. The quantitative estimate of drug-likeness (QED) is 0.912. The first-order valence-electron chi connectivity index (χ1n) is 8.24. The van der Waals surface area contributed by atoms with Crippen LogP contribution in [0.25, 0.3) is 0 Å². The summed E-state index contributed by atoms with van der Waals surface area (Å²) in [6.45, 7) is 4.46. The molecule has 8 heteroatoms. The van der Waals surface area contributed by atoms with Crippen LogP contribution in [-0.4, -0.2) is 40.7 Å². The molecule has 3 heterocycles. The maximum Gasteiger partial charge on any atom is 0.273 e. The van der Waals surface area contributed by atoms with Gasteiger partial charge in [0.15, 0.2) is 17.3 Å². The summed E-state index contributed by atoms with van der Waals surface area (Å²) >= 11 is 0. The molecule has 7 nitrogen and oxygen atoms in total. The minimum absolute atomic E-state index is 0.0403. The summed E-state index contributed by atoms with van der Waals surface area (Å²) in [7, 11) is 0. The van der Waals surface area contributed by atoms with E-state index in [1.807, 2.05) is 0 Å². The smallest absolute Gasteiger partial charge is 0.273 e. The second kappa shape index (κ2) is 6.11. The van der Waals surface area contributed by atoms with E-state index < -0.39 is 5.82 Å². The fraction of sp³-hybridized carbons (Fsp3) is 0.471. The maximum atomic E-state index is 13.8. The largest absolute Gasteiger partial charge is 0.490 e. The zero-order chi connectivity index (χ0) is 17.4. The molecule has 0 spiro atoms. The maximum absolute atomic E-state index is 13.8. The van der Waals surface area contributed by atoms with Gasteiger partial charge in [-0.15, -0.1) is 5.10 Å². The number of aromatic nitrogens is 3. The number of hydrogen-bond donors (Lipinski definition) is 1. The summed E-state index contributed by atoms with van der Waals surface area (Å²) in [4.78, 5) is 12.5. The number of hydrogen-bond acceptors (Lipinski definition) is 5. The van der Waals surface area contributed by atoms with Gasteiger partial charge in [-0.2, -0.15) is 0 Å². The van der Waals surface area contributed by atoms with E-state index in [9.17, 15) is 9.18 Å². The number of carbonyl (C=O) groups excluding carboxylic acids is 1. The normalized spacial score (nSPS) is 21.0. The second-order valence-corrected chi connectivity index (χ2v) is 6.93. The lowest BCUT2D eigenvalue weighted by atomic mass is 9.89. The highest BCUT2D eigenvalue weighted by atomic mass is 19.1. The summed E-state index contributed by atoms with van der Waals surface area (Å²) in [5, 5.41) is 10.9. The van der Waals surface area contributed by atoms with Gasteiger partial charge < -0.3 is 14.8 Å². The van der Waals surface area contributed by atoms with E-state index >= 15 is 0 Å². The van der Waals surface area contributed by atoms with E-state index in [1.165, 1.54) is 6.07 Å². The average Bonchev–Trinajstić information content (AvgIpc) is 3.03. The molecule has 2 aliphatic rings. The number of ether oxygens (including phenoxy) is 2. The summed E-state index contributed by atoms with van der Waals surface area (Å²) in [6, 6.07) is 4.41. The lowest BCUT2D eigenvalue weighted by Gasteiger charge is -2.37. The van der Waals surface area contributed by atoms with Crippen molar-refractivity contribution in [1.82, 2.24) is 20.3 Å². The molecule has 0 radical (unpaired) electrons. The van der Waals surface area contributed by atoms with Crippen molar-refractivity contribution in [1.29, 1.82) is 0 Å². The van der Waals surface area contributed by atoms with Crippen molar-refractivity contribution in [2.75, 3.05) is 19.8 Å². The monoisotopic (exact) mass is 346 g/mol. The molecular formula is C17H19FN4O3. The summed E-state index contributed by atoms with van der Waals surface area (Å²) < 4.78 is 26.1. The highest BCUT2D eigenvalue weighted by Crippen LogP contribution is 2.34. The topological polar surface area (TPSA) is 78.3 Å². The number of nitrogens with one attached hydrogen (secondary N) is 1. The number of nitrogens with zero attached hydrogens (tertiary/aromatic N) is 3. The van der Waals surface area contributed by atoms with Gasteiger partial charge in [0.05, 0.1) is 38.6 Å². The number of para-hydroxylation sites is 1.